The highest BCUT2D eigenvalue weighted by Crippen LogP contribution is 2.26. The Bertz CT molecular complexity index is 789. The molecule has 1 amide bonds. The van der Waals surface area contributed by atoms with Gasteiger partial charge >= 0.3 is 0 Å². The van der Waals surface area contributed by atoms with Crippen LogP contribution in [0.15, 0.2) is 35.1 Å². The quantitative estimate of drug-likeness (QED) is 0.887. The number of hydrogen-bond donors (Lipinski definition) is 2. The largest absolute Gasteiger partial charge is 0.319 e. The molecular weight excluding hydrogens is 328 g/mol. The number of amides is 1. The normalized spacial score (nSPS) is 19.8. The third kappa shape index (κ3) is 2.99. The topological polar surface area (TPSA) is 68.1 Å². The van der Waals surface area contributed by atoms with Gasteiger partial charge in [-0.3, -0.25) is 14.3 Å². The zero-order valence-electron chi connectivity index (χ0n) is 14.1. The molecule has 0 saturated carbocycles. The van der Waals surface area contributed by atoms with Crippen LogP contribution in [0.4, 0.5) is 5.69 Å². The van der Waals surface area contributed by atoms with E-state index >= 15 is 0 Å². The SMILES string of the molecule is Cc1c(NC(=O)C2(C)CCNC2)c(=O)n(-c2ccccc2)n1C.Cl. The van der Waals surface area contributed by atoms with Crippen LogP contribution in [0.2, 0.25) is 0 Å². The number of anilines is 1. The van der Waals surface area contributed by atoms with Crippen LogP contribution in [-0.2, 0) is 11.8 Å². The lowest BCUT2D eigenvalue weighted by molar-refractivity contribution is -0.123. The minimum Gasteiger partial charge on any atom is -0.319 e. The van der Waals surface area contributed by atoms with E-state index in [2.05, 4.69) is 10.6 Å². The number of nitrogens with zero attached hydrogens (tertiary/aromatic N) is 2. The van der Waals surface area contributed by atoms with Gasteiger partial charge in [-0.2, -0.15) is 0 Å². The van der Waals surface area contributed by atoms with Crippen molar-refractivity contribution >= 4 is 24.0 Å². The Morgan fingerprint density at radius 3 is 2.54 bits per heavy atom. The summed E-state index contributed by atoms with van der Waals surface area (Å²) in [6.07, 6.45) is 0.775. The predicted octanol–water partition coefficient (Wildman–Crippen LogP) is 1.84. The molecule has 1 aliphatic heterocycles. The van der Waals surface area contributed by atoms with E-state index in [-0.39, 0.29) is 23.9 Å². The minimum atomic E-state index is -0.466. The Hall–Kier alpha value is -2.05. The molecule has 24 heavy (non-hydrogen) atoms. The van der Waals surface area contributed by atoms with Crippen molar-refractivity contribution in [2.24, 2.45) is 12.5 Å². The molecule has 0 radical (unpaired) electrons. The first kappa shape index (κ1) is 18.3. The Labute approximate surface area is 147 Å². The number of aromatic nitrogens is 2. The van der Waals surface area contributed by atoms with Crippen molar-refractivity contribution in [1.29, 1.82) is 0 Å². The van der Waals surface area contributed by atoms with Crippen LogP contribution in [0.1, 0.15) is 19.0 Å². The first-order chi connectivity index (χ1) is 10.9. The van der Waals surface area contributed by atoms with Gasteiger partial charge in [-0.05, 0) is 38.9 Å². The lowest BCUT2D eigenvalue weighted by atomic mass is 9.89. The summed E-state index contributed by atoms with van der Waals surface area (Å²) in [5.41, 5.74) is 1.19. The third-order valence-electron chi connectivity index (χ3n) is 4.71. The maximum atomic E-state index is 12.8. The molecule has 7 heteroatoms. The summed E-state index contributed by atoms with van der Waals surface area (Å²) < 4.78 is 3.34. The molecule has 0 aliphatic carbocycles. The van der Waals surface area contributed by atoms with Gasteiger partial charge in [0, 0.05) is 13.6 Å². The van der Waals surface area contributed by atoms with Gasteiger partial charge in [0.2, 0.25) is 5.91 Å². The van der Waals surface area contributed by atoms with Gasteiger partial charge in [0.25, 0.3) is 5.56 Å². The summed E-state index contributed by atoms with van der Waals surface area (Å²) >= 11 is 0. The van der Waals surface area contributed by atoms with Gasteiger partial charge in [-0.1, -0.05) is 18.2 Å². The van der Waals surface area contributed by atoms with Crippen molar-refractivity contribution in [2.75, 3.05) is 18.4 Å². The van der Waals surface area contributed by atoms with E-state index in [1.54, 1.807) is 9.36 Å². The lowest BCUT2D eigenvalue weighted by Gasteiger charge is -2.20. The van der Waals surface area contributed by atoms with E-state index in [0.29, 0.717) is 12.2 Å². The fourth-order valence-electron chi connectivity index (χ4n) is 2.99. The lowest BCUT2D eigenvalue weighted by Crippen LogP contribution is -2.36. The Balaban J connectivity index is 0.00000208. The molecule has 1 atom stereocenters. The maximum Gasteiger partial charge on any atom is 0.295 e. The third-order valence-corrected chi connectivity index (χ3v) is 4.71. The maximum absolute atomic E-state index is 12.8. The summed E-state index contributed by atoms with van der Waals surface area (Å²) in [7, 11) is 1.82. The Morgan fingerprint density at radius 2 is 1.96 bits per heavy atom. The van der Waals surface area contributed by atoms with E-state index in [9.17, 15) is 9.59 Å². The average molecular weight is 351 g/mol. The molecular formula is C17H23ClN4O2. The molecule has 1 aromatic carbocycles. The number of carbonyl (C=O) groups excluding carboxylic acids is 1. The minimum absolute atomic E-state index is 0. The molecule has 130 valence electrons. The molecule has 1 aromatic heterocycles. The van der Waals surface area contributed by atoms with Crippen molar-refractivity contribution < 1.29 is 4.79 Å². The number of carbonyl (C=O) groups is 1. The highest BCUT2D eigenvalue weighted by Gasteiger charge is 2.37. The highest BCUT2D eigenvalue weighted by atomic mass is 35.5. The summed E-state index contributed by atoms with van der Waals surface area (Å²) in [6, 6.07) is 9.41. The second kappa shape index (κ2) is 6.83. The van der Waals surface area contributed by atoms with E-state index in [1.807, 2.05) is 51.2 Å². The van der Waals surface area contributed by atoms with Crippen molar-refractivity contribution in [3.63, 3.8) is 0 Å². The standard InChI is InChI=1S/C17H22N4O2.ClH/c1-12-14(19-16(23)17(2)9-10-18-11-17)15(22)21(20(12)3)13-7-5-4-6-8-13;/h4-8,18H,9-11H2,1-3H3,(H,19,23);1H. The van der Waals surface area contributed by atoms with Crippen LogP contribution in [-0.4, -0.2) is 28.4 Å². The smallest absolute Gasteiger partial charge is 0.295 e. The molecule has 6 nitrogen and oxygen atoms in total. The first-order valence-electron chi connectivity index (χ1n) is 7.80. The first-order valence-corrected chi connectivity index (χ1v) is 7.80. The number of nitrogens with one attached hydrogen (secondary N) is 2. The molecule has 1 aliphatic rings. The van der Waals surface area contributed by atoms with Crippen LogP contribution in [0.25, 0.3) is 5.69 Å². The van der Waals surface area contributed by atoms with E-state index in [1.165, 1.54) is 0 Å². The van der Waals surface area contributed by atoms with Crippen LogP contribution in [0, 0.1) is 12.3 Å². The van der Waals surface area contributed by atoms with Crippen molar-refractivity contribution in [3.8, 4) is 5.69 Å². The number of rotatable bonds is 3. The van der Waals surface area contributed by atoms with Crippen molar-refractivity contribution in [1.82, 2.24) is 14.7 Å². The van der Waals surface area contributed by atoms with Gasteiger partial charge in [0.15, 0.2) is 0 Å². The van der Waals surface area contributed by atoms with E-state index in [0.717, 1.165) is 24.3 Å². The van der Waals surface area contributed by atoms with Gasteiger partial charge in [-0.25, -0.2) is 4.68 Å². The van der Waals surface area contributed by atoms with Gasteiger partial charge in [0.05, 0.1) is 16.8 Å². The number of benzene rings is 1. The molecule has 0 bridgehead atoms. The van der Waals surface area contributed by atoms with E-state index in [4.69, 9.17) is 0 Å². The van der Waals surface area contributed by atoms with Crippen molar-refractivity contribution in [2.45, 2.75) is 20.3 Å². The molecule has 2 aromatic rings. The predicted molar refractivity (Wildman–Crippen MR) is 97.2 cm³/mol. The highest BCUT2D eigenvalue weighted by molar-refractivity contribution is 5.95. The fourth-order valence-corrected chi connectivity index (χ4v) is 2.99. The molecule has 1 saturated heterocycles. The molecule has 2 heterocycles. The number of para-hydroxylation sites is 1. The second-order valence-electron chi connectivity index (χ2n) is 6.38. The fraction of sp³-hybridized carbons (Fsp3) is 0.412. The van der Waals surface area contributed by atoms with E-state index < -0.39 is 5.41 Å². The monoisotopic (exact) mass is 350 g/mol. The van der Waals surface area contributed by atoms with Crippen LogP contribution >= 0.6 is 12.4 Å². The summed E-state index contributed by atoms with van der Waals surface area (Å²) in [5.74, 6) is -0.103. The molecule has 1 unspecified atom stereocenters. The average Bonchev–Trinajstić information content (AvgIpc) is 3.07. The van der Waals surface area contributed by atoms with Gasteiger partial charge < -0.3 is 10.6 Å². The Morgan fingerprint density at radius 1 is 1.29 bits per heavy atom. The zero-order chi connectivity index (χ0) is 16.6. The summed E-state index contributed by atoms with van der Waals surface area (Å²) in [6.45, 7) is 5.23. The second-order valence-corrected chi connectivity index (χ2v) is 6.38. The molecule has 0 spiro atoms. The summed E-state index contributed by atoms with van der Waals surface area (Å²) in [4.78, 5) is 25.4. The zero-order valence-corrected chi connectivity index (χ0v) is 14.9. The van der Waals surface area contributed by atoms with Gasteiger partial charge in [-0.15, -0.1) is 12.4 Å². The number of hydrogen-bond acceptors (Lipinski definition) is 3. The Kier molecular flexibility index (Phi) is 5.20. The van der Waals surface area contributed by atoms with Gasteiger partial charge in [0.1, 0.15) is 5.69 Å². The van der Waals surface area contributed by atoms with Crippen molar-refractivity contribution in [3.05, 3.63) is 46.4 Å². The van der Waals surface area contributed by atoms with Crippen LogP contribution in [0.5, 0.6) is 0 Å². The number of halogens is 1. The molecule has 2 N–H and O–H groups in total. The van der Waals surface area contributed by atoms with Crippen LogP contribution < -0.4 is 16.2 Å². The molecule has 1 fully saturated rings. The summed E-state index contributed by atoms with van der Waals surface area (Å²) in [5, 5.41) is 6.06. The molecule has 3 rings (SSSR count). The van der Waals surface area contributed by atoms with Crippen LogP contribution in [0.3, 0.4) is 0 Å².